The van der Waals surface area contributed by atoms with Gasteiger partial charge in [0.05, 0.1) is 59.3 Å². The van der Waals surface area contributed by atoms with Crippen molar-refractivity contribution >= 4 is 5.97 Å². The number of carbonyl (C=O) groups excluding carboxylic acids is 1. The predicted molar refractivity (Wildman–Crippen MR) is 96.4 cm³/mol. The fourth-order valence-electron chi connectivity index (χ4n) is 1.67. The molecule has 7 nitrogen and oxygen atoms in total. The largest absolute Gasteiger partial charge is 0.428 e. The molecule has 0 saturated heterocycles. The summed E-state index contributed by atoms with van der Waals surface area (Å²) in [5, 5.41) is 0. The number of nitrogens with two attached hydrogens (primary N) is 1. The Morgan fingerprint density at radius 2 is 1.23 bits per heavy atom. The number of esters is 1. The molecule has 0 aromatic rings. The lowest BCUT2D eigenvalue weighted by molar-refractivity contribution is -0.141. The summed E-state index contributed by atoms with van der Waals surface area (Å²) in [6, 6.07) is 0. The maximum absolute atomic E-state index is 13.5. The van der Waals surface area contributed by atoms with Crippen LogP contribution in [0.15, 0.2) is 35.4 Å². The van der Waals surface area contributed by atoms with E-state index in [4.69, 9.17) is 24.7 Å². The summed E-state index contributed by atoms with van der Waals surface area (Å²) in [4.78, 5) is 11.5. The Balaban J connectivity index is 3.90. The van der Waals surface area contributed by atoms with Gasteiger partial charge < -0.3 is 29.4 Å². The zero-order valence-electron chi connectivity index (χ0n) is 16.6. The van der Waals surface area contributed by atoms with E-state index in [2.05, 4.69) is 4.74 Å². The van der Waals surface area contributed by atoms with Crippen LogP contribution in [0.3, 0.4) is 0 Å². The molecule has 0 unspecified atom stereocenters. The van der Waals surface area contributed by atoms with Crippen molar-refractivity contribution in [3.8, 4) is 0 Å². The molecule has 0 rings (SSSR count). The Labute approximate surface area is 171 Å². The molecule has 0 bridgehead atoms. The average Bonchev–Trinajstić information content (AvgIpc) is 2.74. The zero-order valence-corrected chi connectivity index (χ0v) is 16.6. The molecule has 0 spiro atoms. The number of allylic oxidation sites excluding steroid dienone is 5. The number of ether oxygens (including phenoxy) is 5. The van der Waals surface area contributed by atoms with Crippen molar-refractivity contribution in [1.82, 2.24) is 0 Å². The summed E-state index contributed by atoms with van der Waals surface area (Å²) >= 11 is 0. The first kappa shape index (κ1) is 28.1. The highest BCUT2D eigenvalue weighted by Crippen LogP contribution is 2.27. The van der Waals surface area contributed by atoms with Crippen LogP contribution in [0.2, 0.25) is 0 Å². The maximum Gasteiger partial charge on any atom is 0.313 e. The van der Waals surface area contributed by atoms with Crippen molar-refractivity contribution in [3.63, 3.8) is 0 Å². The van der Waals surface area contributed by atoms with Crippen molar-refractivity contribution in [3.05, 3.63) is 35.4 Å². The van der Waals surface area contributed by atoms with Gasteiger partial charge in [-0.3, -0.25) is 4.79 Å². The first-order valence-corrected chi connectivity index (χ1v) is 8.95. The summed E-state index contributed by atoms with van der Waals surface area (Å²) < 4.78 is 89.2. The Bertz CT molecular complexity index is 598. The van der Waals surface area contributed by atoms with E-state index in [1.807, 2.05) is 0 Å². The van der Waals surface area contributed by atoms with E-state index in [9.17, 15) is 26.7 Å². The van der Waals surface area contributed by atoms with Crippen molar-refractivity contribution in [2.45, 2.75) is 13.3 Å². The molecule has 0 aliphatic heterocycles. The van der Waals surface area contributed by atoms with Crippen LogP contribution in [0, 0.1) is 0 Å². The van der Waals surface area contributed by atoms with Crippen LogP contribution in [0.1, 0.15) is 13.3 Å². The standard InChI is InChI=1S/C18H26F5NO6/c1-13(16(21)18(23)17(22)14(20)12-19)30-15(25)2-4-26-6-8-28-10-11-29-9-7-27-5-3-24/h12H,2-11,24H2,1H3/b14-12-,16-13-,18-17-. The summed E-state index contributed by atoms with van der Waals surface area (Å²) in [5.41, 5.74) is 5.25. The van der Waals surface area contributed by atoms with Crippen molar-refractivity contribution in [2.75, 3.05) is 59.4 Å². The van der Waals surface area contributed by atoms with Crippen LogP contribution in [-0.4, -0.2) is 65.4 Å². The van der Waals surface area contributed by atoms with Gasteiger partial charge in [0, 0.05) is 6.54 Å². The van der Waals surface area contributed by atoms with Crippen LogP contribution in [0.5, 0.6) is 0 Å². The quantitative estimate of drug-likeness (QED) is 0.121. The summed E-state index contributed by atoms with van der Waals surface area (Å²) in [6.45, 7) is 3.60. The Hall–Kier alpha value is -1.86. The SMILES string of the molecule is C\C(OC(=O)CCOCCOCCOCCOCCN)=C(F)/C(F)=C(F)\C(F)=C\F. The molecule has 0 fully saturated rings. The van der Waals surface area contributed by atoms with Crippen LogP contribution >= 0.6 is 0 Å². The average molecular weight is 447 g/mol. The third-order valence-corrected chi connectivity index (χ3v) is 3.10. The molecule has 0 amide bonds. The Kier molecular flexibility index (Phi) is 16.8. The normalized spacial score (nSPS) is 13.8. The van der Waals surface area contributed by atoms with Gasteiger partial charge in [-0.1, -0.05) is 0 Å². The summed E-state index contributed by atoms with van der Waals surface area (Å²) in [7, 11) is 0. The molecular formula is C18H26F5NO6. The molecule has 0 aromatic carbocycles. The lowest BCUT2D eigenvalue weighted by Gasteiger charge is -2.08. The molecule has 0 heterocycles. The highest BCUT2D eigenvalue weighted by Gasteiger charge is 2.20. The minimum atomic E-state index is -2.39. The summed E-state index contributed by atoms with van der Waals surface area (Å²) in [6.07, 6.45) is -1.19. The van der Waals surface area contributed by atoms with Gasteiger partial charge in [-0.2, -0.15) is 4.39 Å². The van der Waals surface area contributed by atoms with Gasteiger partial charge in [-0.15, -0.1) is 0 Å². The van der Waals surface area contributed by atoms with E-state index < -0.39 is 41.4 Å². The predicted octanol–water partition coefficient (Wildman–Crippen LogP) is 3.08. The number of carbonyl (C=O) groups is 1. The van der Waals surface area contributed by atoms with Crippen molar-refractivity contribution in [1.29, 1.82) is 0 Å². The highest BCUT2D eigenvalue weighted by atomic mass is 19.2. The van der Waals surface area contributed by atoms with Gasteiger partial charge in [0.1, 0.15) is 12.1 Å². The molecule has 2 N–H and O–H groups in total. The Morgan fingerprint density at radius 1 is 0.767 bits per heavy atom. The van der Waals surface area contributed by atoms with E-state index in [-0.39, 0.29) is 26.2 Å². The number of rotatable bonds is 17. The second-order valence-electron chi connectivity index (χ2n) is 5.42. The van der Waals surface area contributed by atoms with Gasteiger partial charge in [0.15, 0.2) is 17.5 Å². The van der Waals surface area contributed by atoms with Gasteiger partial charge in [-0.25, -0.2) is 17.6 Å². The zero-order chi connectivity index (χ0) is 22.8. The van der Waals surface area contributed by atoms with Crippen LogP contribution in [0.25, 0.3) is 0 Å². The maximum atomic E-state index is 13.5. The lowest BCUT2D eigenvalue weighted by atomic mass is 10.3. The number of hydrogen-bond donors (Lipinski definition) is 1. The smallest absolute Gasteiger partial charge is 0.313 e. The van der Waals surface area contributed by atoms with Gasteiger partial charge in [-0.05, 0) is 6.92 Å². The minimum absolute atomic E-state index is 0.0992. The second-order valence-corrected chi connectivity index (χ2v) is 5.42. The van der Waals surface area contributed by atoms with Crippen LogP contribution in [-0.2, 0) is 28.5 Å². The topological polar surface area (TPSA) is 89.2 Å². The van der Waals surface area contributed by atoms with E-state index in [0.29, 0.717) is 39.6 Å². The first-order valence-electron chi connectivity index (χ1n) is 8.95. The second kappa shape index (κ2) is 18.0. The molecule has 0 aromatic heterocycles. The van der Waals surface area contributed by atoms with E-state index in [1.165, 1.54) is 0 Å². The molecule has 0 atom stereocenters. The molecule has 12 heteroatoms. The fourth-order valence-corrected chi connectivity index (χ4v) is 1.67. The third kappa shape index (κ3) is 13.4. The summed E-state index contributed by atoms with van der Waals surface area (Å²) in [5.74, 6) is -10.9. The highest BCUT2D eigenvalue weighted by molar-refractivity contribution is 5.70. The molecular weight excluding hydrogens is 421 g/mol. The lowest BCUT2D eigenvalue weighted by Crippen LogP contribution is -2.15. The third-order valence-electron chi connectivity index (χ3n) is 3.10. The van der Waals surface area contributed by atoms with Crippen molar-refractivity contribution < 1.29 is 50.4 Å². The monoisotopic (exact) mass is 447 g/mol. The van der Waals surface area contributed by atoms with E-state index in [1.54, 1.807) is 0 Å². The van der Waals surface area contributed by atoms with Crippen LogP contribution in [0.4, 0.5) is 22.0 Å². The van der Waals surface area contributed by atoms with Gasteiger partial charge in [0.2, 0.25) is 5.83 Å². The van der Waals surface area contributed by atoms with Crippen LogP contribution < -0.4 is 5.73 Å². The van der Waals surface area contributed by atoms with E-state index >= 15 is 0 Å². The minimum Gasteiger partial charge on any atom is -0.428 e. The molecule has 0 saturated carbocycles. The Morgan fingerprint density at radius 3 is 1.70 bits per heavy atom. The first-order chi connectivity index (χ1) is 14.3. The van der Waals surface area contributed by atoms with Crippen molar-refractivity contribution in [2.24, 2.45) is 5.73 Å². The van der Waals surface area contributed by atoms with E-state index in [0.717, 1.165) is 6.92 Å². The molecule has 0 aliphatic carbocycles. The fraction of sp³-hybridized carbons (Fsp3) is 0.611. The molecule has 174 valence electrons. The van der Waals surface area contributed by atoms with Gasteiger partial charge in [0.25, 0.3) is 0 Å². The number of halogens is 5. The van der Waals surface area contributed by atoms with Gasteiger partial charge >= 0.3 is 5.97 Å². The molecule has 0 radical (unpaired) electrons. The molecule has 0 aliphatic rings. The number of hydrogen-bond acceptors (Lipinski definition) is 7. The molecule has 30 heavy (non-hydrogen) atoms.